The molecule has 1 aliphatic carbocycles. The van der Waals surface area contributed by atoms with Gasteiger partial charge in [0.1, 0.15) is 0 Å². The Bertz CT molecular complexity index is 360. The summed E-state index contributed by atoms with van der Waals surface area (Å²) in [5.74, 6) is 0. The molecule has 0 aromatic heterocycles. The molecule has 2 N–H and O–H groups in total. The van der Waals surface area contributed by atoms with E-state index in [0.29, 0.717) is 12.6 Å². The van der Waals surface area contributed by atoms with Crippen LogP contribution in [0, 0.1) is 0 Å². The van der Waals surface area contributed by atoms with Crippen LogP contribution in [0.1, 0.15) is 25.3 Å². The minimum absolute atomic E-state index is 0.135. The van der Waals surface area contributed by atoms with Crippen molar-refractivity contribution in [3.63, 3.8) is 0 Å². The lowest BCUT2D eigenvalue weighted by Crippen LogP contribution is -2.62. The average Bonchev–Trinajstić information content (AvgIpc) is 2.34. The molecule has 0 atom stereocenters. The van der Waals surface area contributed by atoms with E-state index in [2.05, 4.69) is 49.2 Å². The van der Waals surface area contributed by atoms with Crippen molar-refractivity contribution in [2.45, 2.75) is 38.0 Å². The van der Waals surface area contributed by atoms with Crippen LogP contribution >= 0.6 is 0 Å². The van der Waals surface area contributed by atoms with Gasteiger partial charge >= 0.3 is 0 Å². The van der Waals surface area contributed by atoms with Crippen LogP contribution in [0.15, 0.2) is 30.3 Å². The highest BCUT2D eigenvalue weighted by atomic mass is 16.5. The number of hydrogen-bond acceptors (Lipinski definition) is 3. The second-order valence-corrected chi connectivity index (χ2v) is 5.26. The van der Waals surface area contributed by atoms with E-state index in [-0.39, 0.29) is 5.54 Å². The van der Waals surface area contributed by atoms with Crippen molar-refractivity contribution in [3.05, 3.63) is 35.9 Å². The predicted molar refractivity (Wildman–Crippen MR) is 74.3 cm³/mol. The molecule has 1 aromatic rings. The van der Waals surface area contributed by atoms with Crippen molar-refractivity contribution in [2.24, 2.45) is 5.73 Å². The normalized spacial score (nSPS) is 27.2. The van der Waals surface area contributed by atoms with Crippen LogP contribution in [0.25, 0.3) is 0 Å². The molecule has 100 valence electrons. The summed E-state index contributed by atoms with van der Waals surface area (Å²) in [6, 6.07) is 10.6. The summed E-state index contributed by atoms with van der Waals surface area (Å²) in [6.07, 6.45) is 2.51. The minimum atomic E-state index is 0.135. The van der Waals surface area contributed by atoms with Gasteiger partial charge in [-0.1, -0.05) is 30.3 Å². The number of nitrogens with two attached hydrogens (primary N) is 1. The monoisotopic (exact) mass is 248 g/mol. The molecule has 0 bridgehead atoms. The number of rotatable bonds is 6. The second kappa shape index (κ2) is 5.83. The molecule has 0 amide bonds. The van der Waals surface area contributed by atoms with E-state index < -0.39 is 0 Å². The summed E-state index contributed by atoms with van der Waals surface area (Å²) in [5.41, 5.74) is 7.46. The summed E-state index contributed by atoms with van der Waals surface area (Å²) >= 11 is 0. The first-order chi connectivity index (χ1) is 8.70. The van der Waals surface area contributed by atoms with Crippen LogP contribution in [-0.2, 0) is 11.3 Å². The fraction of sp³-hybridized carbons (Fsp3) is 0.600. The van der Waals surface area contributed by atoms with E-state index in [1.807, 2.05) is 0 Å². The van der Waals surface area contributed by atoms with Crippen LogP contribution in [-0.4, -0.2) is 36.7 Å². The van der Waals surface area contributed by atoms with Crippen molar-refractivity contribution in [1.82, 2.24) is 4.90 Å². The smallest absolute Gasteiger partial charge is 0.0611 e. The molecule has 0 aliphatic heterocycles. The molecule has 18 heavy (non-hydrogen) atoms. The van der Waals surface area contributed by atoms with Gasteiger partial charge in [0.15, 0.2) is 0 Å². The van der Waals surface area contributed by atoms with Crippen molar-refractivity contribution in [3.8, 4) is 0 Å². The predicted octanol–water partition coefficient (Wildman–Crippen LogP) is 2.01. The zero-order valence-corrected chi connectivity index (χ0v) is 11.4. The Balaban J connectivity index is 1.93. The Kier molecular flexibility index (Phi) is 4.38. The summed E-state index contributed by atoms with van der Waals surface area (Å²) in [4.78, 5) is 2.39. The van der Waals surface area contributed by atoms with E-state index in [9.17, 15) is 0 Å². The molecule has 0 radical (unpaired) electrons. The van der Waals surface area contributed by atoms with E-state index >= 15 is 0 Å². The Morgan fingerprint density at radius 1 is 1.33 bits per heavy atom. The third-order valence-electron chi connectivity index (χ3n) is 4.07. The van der Waals surface area contributed by atoms with Crippen molar-refractivity contribution >= 4 is 0 Å². The first kappa shape index (κ1) is 13.5. The standard InChI is InChI=1S/C15H24N2O/c1-3-18-14-9-15(10-14,12-16)17(2)11-13-7-5-4-6-8-13/h4-8,14H,3,9-12,16H2,1-2H3. The highest BCUT2D eigenvalue weighted by Crippen LogP contribution is 2.39. The third-order valence-corrected chi connectivity index (χ3v) is 4.07. The van der Waals surface area contributed by atoms with Crippen molar-refractivity contribution in [1.29, 1.82) is 0 Å². The summed E-state index contributed by atoms with van der Waals surface area (Å²) < 4.78 is 5.65. The molecule has 0 unspecified atom stereocenters. The first-order valence-electron chi connectivity index (χ1n) is 6.77. The van der Waals surface area contributed by atoms with Crippen LogP contribution < -0.4 is 5.73 Å². The maximum atomic E-state index is 5.98. The van der Waals surface area contributed by atoms with Crippen LogP contribution in [0.4, 0.5) is 0 Å². The van der Waals surface area contributed by atoms with Gasteiger partial charge in [0, 0.05) is 25.2 Å². The highest BCUT2D eigenvalue weighted by molar-refractivity contribution is 5.16. The summed E-state index contributed by atoms with van der Waals surface area (Å²) in [7, 11) is 2.17. The maximum Gasteiger partial charge on any atom is 0.0611 e. The van der Waals surface area contributed by atoms with Gasteiger partial charge in [-0.25, -0.2) is 0 Å². The van der Waals surface area contributed by atoms with E-state index in [1.54, 1.807) is 0 Å². The highest BCUT2D eigenvalue weighted by Gasteiger charge is 2.46. The van der Waals surface area contributed by atoms with Gasteiger partial charge in [0.25, 0.3) is 0 Å². The summed E-state index contributed by atoms with van der Waals surface area (Å²) in [6.45, 7) is 4.51. The van der Waals surface area contributed by atoms with Crippen LogP contribution in [0.3, 0.4) is 0 Å². The fourth-order valence-corrected chi connectivity index (χ4v) is 2.80. The van der Waals surface area contributed by atoms with Crippen LogP contribution in [0.5, 0.6) is 0 Å². The van der Waals surface area contributed by atoms with Gasteiger partial charge in [-0.05, 0) is 32.4 Å². The van der Waals surface area contributed by atoms with Gasteiger partial charge in [-0.3, -0.25) is 4.90 Å². The topological polar surface area (TPSA) is 38.5 Å². The van der Waals surface area contributed by atoms with E-state index in [4.69, 9.17) is 10.5 Å². The van der Waals surface area contributed by atoms with Crippen LogP contribution in [0.2, 0.25) is 0 Å². The Hall–Kier alpha value is -0.900. The first-order valence-corrected chi connectivity index (χ1v) is 6.77. The number of benzene rings is 1. The van der Waals surface area contributed by atoms with E-state index in [1.165, 1.54) is 5.56 Å². The molecule has 0 heterocycles. The Morgan fingerprint density at radius 3 is 2.56 bits per heavy atom. The second-order valence-electron chi connectivity index (χ2n) is 5.26. The quantitative estimate of drug-likeness (QED) is 0.837. The van der Waals surface area contributed by atoms with Gasteiger partial charge in [0.2, 0.25) is 0 Å². The molecule has 1 saturated carbocycles. The Morgan fingerprint density at radius 2 is 2.00 bits per heavy atom. The maximum absolute atomic E-state index is 5.98. The lowest BCUT2D eigenvalue weighted by atomic mass is 9.73. The van der Waals surface area contributed by atoms with Gasteiger partial charge in [0.05, 0.1) is 6.10 Å². The molecule has 3 heteroatoms. The molecule has 1 aliphatic rings. The molecular weight excluding hydrogens is 224 g/mol. The Labute approximate surface area is 110 Å². The zero-order chi connectivity index (χ0) is 13.0. The largest absolute Gasteiger partial charge is 0.378 e. The van der Waals surface area contributed by atoms with E-state index in [0.717, 1.165) is 26.0 Å². The summed E-state index contributed by atoms with van der Waals surface area (Å²) in [5, 5.41) is 0. The molecular formula is C15H24N2O. The fourth-order valence-electron chi connectivity index (χ4n) is 2.80. The SMILES string of the molecule is CCOC1CC(CN)(N(C)Cc2ccccc2)C1. The van der Waals surface area contributed by atoms with Gasteiger partial charge < -0.3 is 10.5 Å². The van der Waals surface area contributed by atoms with Gasteiger partial charge in [-0.15, -0.1) is 0 Å². The molecule has 0 spiro atoms. The minimum Gasteiger partial charge on any atom is -0.378 e. The number of hydrogen-bond donors (Lipinski definition) is 1. The average molecular weight is 248 g/mol. The molecule has 0 saturated heterocycles. The molecule has 1 aromatic carbocycles. The number of likely N-dealkylation sites (N-methyl/N-ethyl adjacent to an activating group) is 1. The molecule has 3 nitrogen and oxygen atoms in total. The number of ether oxygens (including phenoxy) is 1. The zero-order valence-electron chi connectivity index (χ0n) is 11.4. The lowest BCUT2D eigenvalue weighted by molar-refractivity contribution is -0.0947. The van der Waals surface area contributed by atoms with Crippen molar-refractivity contribution < 1.29 is 4.74 Å². The molecule has 2 rings (SSSR count). The molecule has 1 fully saturated rings. The van der Waals surface area contributed by atoms with Gasteiger partial charge in [-0.2, -0.15) is 0 Å². The lowest BCUT2D eigenvalue weighted by Gasteiger charge is -2.52. The van der Waals surface area contributed by atoms with Crippen molar-refractivity contribution in [2.75, 3.05) is 20.2 Å². The third kappa shape index (κ3) is 2.74. The number of nitrogens with zero attached hydrogens (tertiary/aromatic N) is 1.